The number of methoxy groups -OCH3 is 2. The minimum absolute atomic E-state index is 0.0396. The van der Waals surface area contributed by atoms with Crippen LogP contribution >= 0.6 is 0 Å². The molecule has 4 aromatic rings. The number of benzene rings is 3. The molecule has 5 rings (SSSR count). The Bertz CT molecular complexity index is 1540. The van der Waals surface area contributed by atoms with Crippen LogP contribution in [0, 0.1) is 16.0 Å². The smallest absolute Gasteiger partial charge is 0.333 e. The van der Waals surface area contributed by atoms with Gasteiger partial charge >= 0.3 is 6.03 Å². The minimum atomic E-state index is -0.580. The molecule has 0 saturated carbocycles. The summed E-state index contributed by atoms with van der Waals surface area (Å²) >= 11 is 0. The highest BCUT2D eigenvalue weighted by Gasteiger charge is 2.23. The summed E-state index contributed by atoms with van der Waals surface area (Å²) in [6.07, 6.45) is 4.21. The van der Waals surface area contributed by atoms with Gasteiger partial charge in [-0.2, -0.15) is 0 Å². The number of nitrogens with zero attached hydrogens (tertiary/aromatic N) is 4. The predicted octanol–water partition coefficient (Wildman–Crippen LogP) is 5.34. The molecule has 1 fully saturated rings. The van der Waals surface area contributed by atoms with Crippen LogP contribution in [0.15, 0.2) is 67.0 Å². The standard InChI is InChI=1S/C29H30N6O6/c1-39-26-16-22-24(17-27(26)40-2)30-18-31-28(22)41-21-8-9-23(25(15-21)35(37)38)32-29(36)33-34-12-10-20(11-13-34)14-19-6-4-3-5-7-19/h3-9,15-18,20H,10-14H2,1-2H3,(H2,32,33,36). The van der Waals surface area contributed by atoms with Gasteiger partial charge in [0.25, 0.3) is 5.69 Å². The van der Waals surface area contributed by atoms with E-state index in [2.05, 4.69) is 32.8 Å². The molecule has 12 heteroatoms. The summed E-state index contributed by atoms with van der Waals surface area (Å²) in [5, 5.41) is 16.8. The van der Waals surface area contributed by atoms with E-state index in [0.29, 0.717) is 41.4 Å². The van der Waals surface area contributed by atoms with Gasteiger partial charge in [0.05, 0.1) is 36.1 Å². The monoisotopic (exact) mass is 558 g/mol. The van der Waals surface area contributed by atoms with E-state index in [9.17, 15) is 14.9 Å². The molecule has 41 heavy (non-hydrogen) atoms. The first-order valence-corrected chi connectivity index (χ1v) is 13.1. The molecule has 0 unspecified atom stereocenters. The molecule has 1 aliphatic heterocycles. The zero-order chi connectivity index (χ0) is 28.8. The van der Waals surface area contributed by atoms with Crippen molar-refractivity contribution < 1.29 is 23.9 Å². The summed E-state index contributed by atoms with van der Waals surface area (Å²) in [6, 6.07) is 17.3. The van der Waals surface area contributed by atoms with Gasteiger partial charge in [0.1, 0.15) is 17.8 Å². The van der Waals surface area contributed by atoms with Gasteiger partial charge in [-0.1, -0.05) is 30.3 Å². The van der Waals surface area contributed by atoms with Crippen molar-refractivity contribution in [2.75, 3.05) is 32.6 Å². The Morgan fingerprint density at radius 2 is 1.76 bits per heavy atom. The van der Waals surface area contributed by atoms with Crippen molar-refractivity contribution in [2.45, 2.75) is 19.3 Å². The highest BCUT2D eigenvalue weighted by Crippen LogP contribution is 2.37. The van der Waals surface area contributed by atoms with E-state index in [1.165, 1.54) is 44.3 Å². The lowest BCUT2D eigenvalue weighted by molar-refractivity contribution is -0.384. The molecule has 0 radical (unpaired) electrons. The fourth-order valence-corrected chi connectivity index (χ4v) is 4.87. The van der Waals surface area contributed by atoms with Crippen LogP contribution < -0.4 is 25.0 Å². The predicted molar refractivity (Wildman–Crippen MR) is 152 cm³/mol. The maximum atomic E-state index is 12.7. The Morgan fingerprint density at radius 3 is 2.46 bits per heavy atom. The topological polar surface area (TPSA) is 141 Å². The molecular weight excluding hydrogens is 528 g/mol. The summed E-state index contributed by atoms with van der Waals surface area (Å²) in [5.74, 6) is 1.83. The molecule has 3 aromatic carbocycles. The van der Waals surface area contributed by atoms with Gasteiger partial charge in [-0.25, -0.2) is 19.8 Å². The zero-order valence-electron chi connectivity index (χ0n) is 22.7. The number of piperidine rings is 1. The van der Waals surface area contributed by atoms with Crippen molar-refractivity contribution in [1.29, 1.82) is 0 Å². The number of amides is 2. The summed E-state index contributed by atoms with van der Waals surface area (Å²) < 4.78 is 16.6. The van der Waals surface area contributed by atoms with Crippen molar-refractivity contribution in [3.63, 3.8) is 0 Å². The Morgan fingerprint density at radius 1 is 1.02 bits per heavy atom. The average Bonchev–Trinajstić information content (AvgIpc) is 2.98. The highest BCUT2D eigenvalue weighted by atomic mass is 16.6. The van der Waals surface area contributed by atoms with Crippen LogP contribution in [0.4, 0.5) is 16.2 Å². The SMILES string of the molecule is COc1cc2ncnc(Oc3ccc(NC(=O)NN4CCC(Cc5ccccc5)CC4)c([N+](=O)[O-])c3)c2cc1OC. The number of nitro benzene ring substituents is 1. The zero-order valence-corrected chi connectivity index (χ0v) is 22.7. The Labute approximate surface area is 236 Å². The van der Waals surface area contributed by atoms with E-state index in [1.807, 2.05) is 23.2 Å². The molecule has 2 heterocycles. The van der Waals surface area contributed by atoms with Crippen molar-refractivity contribution in [3.8, 4) is 23.1 Å². The molecule has 12 nitrogen and oxygen atoms in total. The van der Waals surface area contributed by atoms with Gasteiger partial charge in [-0.05, 0) is 48.9 Å². The second-order valence-electron chi connectivity index (χ2n) is 9.63. The third kappa shape index (κ3) is 6.61. The lowest BCUT2D eigenvalue weighted by Crippen LogP contribution is -2.48. The number of aromatic nitrogens is 2. The summed E-state index contributed by atoms with van der Waals surface area (Å²) in [4.78, 5) is 32.4. The molecule has 0 spiro atoms. The van der Waals surface area contributed by atoms with Gasteiger partial charge in [-0.3, -0.25) is 15.5 Å². The summed E-state index contributed by atoms with van der Waals surface area (Å²) in [5.41, 5.74) is 4.37. The van der Waals surface area contributed by atoms with Crippen LogP contribution in [0.25, 0.3) is 10.9 Å². The van der Waals surface area contributed by atoms with Crippen molar-refractivity contribution in [3.05, 3.63) is 82.7 Å². The van der Waals surface area contributed by atoms with E-state index in [4.69, 9.17) is 14.2 Å². The van der Waals surface area contributed by atoms with Crippen molar-refractivity contribution in [1.82, 2.24) is 20.4 Å². The molecule has 1 aromatic heterocycles. The van der Waals surface area contributed by atoms with Crippen LogP contribution in [-0.4, -0.2) is 53.2 Å². The Kier molecular flexibility index (Phi) is 8.39. The first-order valence-electron chi connectivity index (χ1n) is 13.1. The first-order chi connectivity index (χ1) is 19.9. The summed E-state index contributed by atoms with van der Waals surface area (Å²) in [6.45, 7) is 1.40. The van der Waals surface area contributed by atoms with Gasteiger partial charge in [0, 0.05) is 19.2 Å². The summed E-state index contributed by atoms with van der Waals surface area (Å²) in [7, 11) is 3.03. The molecule has 1 aliphatic rings. The quantitative estimate of drug-likeness (QED) is 0.206. The number of nitro groups is 1. The van der Waals surface area contributed by atoms with Crippen LogP contribution in [-0.2, 0) is 6.42 Å². The number of urea groups is 1. The van der Waals surface area contributed by atoms with Crippen LogP contribution in [0.2, 0.25) is 0 Å². The lowest BCUT2D eigenvalue weighted by atomic mass is 9.91. The third-order valence-corrected chi connectivity index (χ3v) is 6.97. The number of hydrazine groups is 1. The van der Waals surface area contributed by atoms with E-state index < -0.39 is 11.0 Å². The average molecular weight is 559 g/mol. The maximum absolute atomic E-state index is 12.7. The van der Waals surface area contributed by atoms with Gasteiger partial charge in [-0.15, -0.1) is 0 Å². The second kappa shape index (κ2) is 12.5. The normalized spacial score (nSPS) is 13.9. The number of hydrogen-bond acceptors (Lipinski definition) is 9. The Hall–Kier alpha value is -4.97. The molecular formula is C29H30N6O6. The lowest BCUT2D eigenvalue weighted by Gasteiger charge is -2.32. The van der Waals surface area contributed by atoms with Crippen molar-refractivity contribution >= 4 is 28.3 Å². The van der Waals surface area contributed by atoms with Gasteiger partial charge in [0.2, 0.25) is 5.88 Å². The number of carbonyl (C=O) groups excluding carboxylic acids is 1. The van der Waals surface area contributed by atoms with Crippen LogP contribution in [0.1, 0.15) is 18.4 Å². The molecule has 2 N–H and O–H groups in total. The van der Waals surface area contributed by atoms with Gasteiger partial charge in [0.15, 0.2) is 11.5 Å². The molecule has 212 valence electrons. The van der Waals surface area contributed by atoms with E-state index in [0.717, 1.165) is 19.3 Å². The first kappa shape index (κ1) is 27.6. The van der Waals surface area contributed by atoms with Crippen molar-refractivity contribution in [2.24, 2.45) is 5.92 Å². The number of rotatable bonds is 9. The molecule has 0 atom stereocenters. The number of hydrogen-bond donors (Lipinski definition) is 2. The molecule has 2 amide bonds. The number of ether oxygens (including phenoxy) is 3. The van der Waals surface area contributed by atoms with E-state index in [-0.39, 0.29) is 23.0 Å². The fraction of sp³-hybridized carbons (Fsp3) is 0.276. The van der Waals surface area contributed by atoms with Gasteiger partial charge < -0.3 is 19.5 Å². The molecule has 0 bridgehead atoms. The third-order valence-electron chi connectivity index (χ3n) is 6.97. The largest absolute Gasteiger partial charge is 0.493 e. The minimum Gasteiger partial charge on any atom is -0.493 e. The van der Waals surface area contributed by atoms with Crippen LogP contribution in [0.5, 0.6) is 23.1 Å². The van der Waals surface area contributed by atoms with Crippen LogP contribution in [0.3, 0.4) is 0 Å². The fourth-order valence-electron chi connectivity index (χ4n) is 4.87. The Balaban J connectivity index is 1.23. The maximum Gasteiger partial charge on any atom is 0.333 e. The highest BCUT2D eigenvalue weighted by molar-refractivity contribution is 5.92. The number of carbonyl (C=O) groups is 1. The van der Waals surface area contributed by atoms with E-state index >= 15 is 0 Å². The molecule has 1 saturated heterocycles. The number of anilines is 1. The van der Waals surface area contributed by atoms with E-state index in [1.54, 1.807) is 12.1 Å². The number of nitrogens with one attached hydrogen (secondary N) is 2. The second-order valence-corrected chi connectivity index (χ2v) is 9.63. The molecule has 0 aliphatic carbocycles. The number of fused-ring (bicyclic) bond motifs is 1.